The van der Waals surface area contributed by atoms with Crippen LogP contribution in [0.4, 0.5) is 0 Å². The summed E-state index contributed by atoms with van der Waals surface area (Å²) in [6, 6.07) is 3.30. The van der Waals surface area contributed by atoms with Gasteiger partial charge in [0.2, 0.25) is 15.9 Å². The second-order valence-corrected chi connectivity index (χ2v) is 12.7. The van der Waals surface area contributed by atoms with Crippen molar-refractivity contribution in [2.75, 3.05) is 53.0 Å². The molecule has 3 heterocycles. The highest BCUT2D eigenvalue weighted by Crippen LogP contribution is 2.36. The zero-order valence-electron chi connectivity index (χ0n) is 22.9. The van der Waals surface area contributed by atoms with Crippen LogP contribution in [0.25, 0.3) is 0 Å². The van der Waals surface area contributed by atoms with Gasteiger partial charge in [0.05, 0.1) is 37.4 Å². The van der Waals surface area contributed by atoms with E-state index in [1.165, 1.54) is 10.6 Å². The number of likely N-dealkylation sites (tertiary alicyclic amines) is 1. The van der Waals surface area contributed by atoms with Gasteiger partial charge in [-0.1, -0.05) is 0 Å². The van der Waals surface area contributed by atoms with E-state index in [1.807, 2.05) is 0 Å². The molecule has 1 aromatic heterocycles. The normalized spacial score (nSPS) is 20.4. The first-order chi connectivity index (χ1) is 18.6. The van der Waals surface area contributed by atoms with Gasteiger partial charge in [-0.05, 0) is 62.8 Å². The van der Waals surface area contributed by atoms with Crippen LogP contribution >= 0.6 is 0 Å². The lowest BCUT2D eigenvalue weighted by molar-refractivity contribution is -0.0599. The lowest BCUT2D eigenvalue weighted by Gasteiger charge is -2.41. The molecule has 0 unspecified atom stereocenters. The van der Waals surface area contributed by atoms with Crippen LogP contribution in [-0.2, 0) is 21.3 Å². The lowest BCUT2D eigenvalue weighted by atomic mass is 9.90. The van der Waals surface area contributed by atoms with Crippen LogP contribution in [0.1, 0.15) is 53.2 Å². The molecule has 1 aliphatic carbocycles. The second kappa shape index (κ2) is 11.2. The van der Waals surface area contributed by atoms with Crippen molar-refractivity contribution in [1.29, 1.82) is 0 Å². The molecule has 1 saturated carbocycles. The van der Waals surface area contributed by atoms with E-state index in [0.717, 1.165) is 25.9 Å². The molecule has 12 heteroatoms. The minimum absolute atomic E-state index is 0.0511. The van der Waals surface area contributed by atoms with Crippen molar-refractivity contribution in [2.45, 2.75) is 62.6 Å². The van der Waals surface area contributed by atoms with E-state index in [2.05, 4.69) is 9.88 Å². The lowest BCUT2D eigenvalue weighted by Crippen LogP contribution is -2.53. The van der Waals surface area contributed by atoms with Crippen LogP contribution in [0.3, 0.4) is 0 Å². The first-order valence-corrected chi connectivity index (χ1v) is 15.0. The Morgan fingerprint density at radius 1 is 1.15 bits per heavy atom. The number of sulfonamides is 1. The van der Waals surface area contributed by atoms with Crippen LogP contribution < -0.4 is 4.74 Å². The summed E-state index contributed by atoms with van der Waals surface area (Å²) in [5, 5.41) is 11.1. The summed E-state index contributed by atoms with van der Waals surface area (Å²) in [6.45, 7) is 7.83. The molecule has 0 radical (unpaired) electrons. The highest BCUT2D eigenvalue weighted by Gasteiger charge is 2.41. The van der Waals surface area contributed by atoms with Gasteiger partial charge in [-0.2, -0.15) is 4.31 Å². The summed E-state index contributed by atoms with van der Waals surface area (Å²) in [7, 11) is -2.28. The molecule has 1 amide bonds. The van der Waals surface area contributed by atoms with Gasteiger partial charge in [0.15, 0.2) is 5.69 Å². The average molecular weight is 563 g/mol. The number of benzene rings is 1. The third-order valence-electron chi connectivity index (χ3n) is 7.86. The van der Waals surface area contributed by atoms with Gasteiger partial charge in [-0.3, -0.25) is 9.69 Å². The van der Waals surface area contributed by atoms with Gasteiger partial charge in [-0.25, -0.2) is 13.4 Å². The maximum atomic E-state index is 13.8. The Kier molecular flexibility index (Phi) is 8.03. The van der Waals surface area contributed by atoms with E-state index in [9.17, 15) is 18.3 Å². The fourth-order valence-corrected chi connectivity index (χ4v) is 7.61. The van der Waals surface area contributed by atoms with Crippen LogP contribution in [0.5, 0.6) is 5.75 Å². The molecule has 2 saturated heterocycles. The van der Waals surface area contributed by atoms with Crippen molar-refractivity contribution in [1.82, 2.24) is 19.1 Å². The van der Waals surface area contributed by atoms with Crippen LogP contribution in [0.15, 0.2) is 27.7 Å². The standard InChI is InChI=1S/C27H38N4O7S/c1-19-14-22(36-3)15-20(2)25(19)39(34,35)31(21-4-5-21)16-24-28-23(17-38-24)26(32)30-8-6-27(33,7-9-30)18-29-10-12-37-13-11-29/h14-15,17,21,33H,4-13,16,18H2,1-3H3. The Balaban J connectivity index is 1.25. The number of amides is 1. The topological polar surface area (TPSA) is 126 Å². The van der Waals surface area contributed by atoms with Crippen LogP contribution in [0, 0.1) is 13.8 Å². The van der Waals surface area contributed by atoms with E-state index in [1.54, 1.807) is 38.0 Å². The van der Waals surface area contributed by atoms with Crippen molar-refractivity contribution in [3.63, 3.8) is 0 Å². The quantitative estimate of drug-likeness (QED) is 0.488. The molecule has 2 aliphatic heterocycles. The summed E-state index contributed by atoms with van der Waals surface area (Å²) >= 11 is 0. The largest absolute Gasteiger partial charge is 0.497 e. The molecule has 3 aliphatic rings. The number of nitrogens with zero attached hydrogens (tertiary/aromatic N) is 4. The smallest absolute Gasteiger partial charge is 0.275 e. The van der Waals surface area contributed by atoms with Gasteiger partial charge >= 0.3 is 0 Å². The van der Waals surface area contributed by atoms with E-state index in [0.29, 0.717) is 62.6 Å². The van der Waals surface area contributed by atoms with Gasteiger partial charge in [0, 0.05) is 38.8 Å². The second-order valence-electron chi connectivity index (χ2n) is 10.9. The maximum absolute atomic E-state index is 13.8. The first kappa shape index (κ1) is 28.0. The molecule has 0 spiro atoms. The highest BCUT2D eigenvalue weighted by molar-refractivity contribution is 7.89. The number of carbonyl (C=O) groups excluding carboxylic acids is 1. The number of β-amino-alcohol motifs (C(OH)–C–C–N with tert-alkyl or cyclic N) is 1. The van der Waals surface area contributed by atoms with Gasteiger partial charge in [-0.15, -0.1) is 0 Å². The number of hydrogen-bond donors (Lipinski definition) is 1. The zero-order chi connectivity index (χ0) is 27.8. The molecule has 0 atom stereocenters. The zero-order valence-corrected chi connectivity index (χ0v) is 23.7. The number of hydrogen-bond acceptors (Lipinski definition) is 9. The Morgan fingerprint density at radius 2 is 1.79 bits per heavy atom. The predicted molar refractivity (Wildman–Crippen MR) is 142 cm³/mol. The van der Waals surface area contributed by atoms with Crippen molar-refractivity contribution in [3.05, 3.63) is 41.1 Å². The van der Waals surface area contributed by atoms with E-state index in [4.69, 9.17) is 13.9 Å². The van der Waals surface area contributed by atoms with Crippen molar-refractivity contribution >= 4 is 15.9 Å². The average Bonchev–Trinajstić information content (AvgIpc) is 3.63. The van der Waals surface area contributed by atoms with Crippen molar-refractivity contribution in [2.24, 2.45) is 0 Å². The molecule has 3 fully saturated rings. The monoisotopic (exact) mass is 562 g/mol. The molecule has 39 heavy (non-hydrogen) atoms. The highest BCUT2D eigenvalue weighted by atomic mass is 32.2. The molecule has 214 valence electrons. The Hall–Kier alpha value is -2.51. The number of carbonyl (C=O) groups is 1. The number of aromatic nitrogens is 1. The fourth-order valence-electron chi connectivity index (χ4n) is 5.56. The third kappa shape index (κ3) is 6.14. The number of methoxy groups -OCH3 is 1. The fraction of sp³-hybridized carbons (Fsp3) is 0.630. The molecule has 11 nitrogen and oxygen atoms in total. The SMILES string of the molecule is COc1cc(C)c(S(=O)(=O)N(Cc2nc(C(=O)N3CCC(O)(CN4CCOCC4)CC3)co2)C2CC2)c(C)c1. The molecule has 1 N–H and O–H groups in total. The van der Waals surface area contributed by atoms with Crippen molar-refractivity contribution < 1.29 is 32.2 Å². The molecular formula is C27H38N4O7S. The molecule has 0 bridgehead atoms. The van der Waals surface area contributed by atoms with Gasteiger partial charge in [0.25, 0.3) is 5.91 Å². The van der Waals surface area contributed by atoms with Crippen LogP contribution in [0.2, 0.25) is 0 Å². The van der Waals surface area contributed by atoms with E-state index >= 15 is 0 Å². The van der Waals surface area contributed by atoms with Gasteiger partial charge < -0.3 is 23.9 Å². The number of morpholine rings is 1. The first-order valence-electron chi connectivity index (χ1n) is 13.5. The minimum atomic E-state index is -3.84. The molecule has 1 aromatic carbocycles. The molecular weight excluding hydrogens is 524 g/mol. The third-order valence-corrected chi connectivity index (χ3v) is 10.1. The van der Waals surface area contributed by atoms with E-state index in [-0.39, 0.29) is 35.0 Å². The minimum Gasteiger partial charge on any atom is -0.497 e. The Bertz CT molecular complexity index is 1270. The van der Waals surface area contributed by atoms with Crippen molar-refractivity contribution in [3.8, 4) is 5.75 Å². The van der Waals surface area contributed by atoms with Gasteiger partial charge in [0.1, 0.15) is 12.0 Å². The number of rotatable bonds is 9. The summed E-state index contributed by atoms with van der Waals surface area (Å²) in [4.78, 5) is 21.7. The summed E-state index contributed by atoms with van der Waals surface area (Å²) < 4.78 is 45.2. The number of piperidine rings is 1. The number of aryl methyl sites for hydroxylation is 2. The summed E-state index contributed by atoms with van der Waals surface area (Å²) in [5.74, 6) is 0.509. The summed E-state index contributed by atoms with van der Waals surface area (Å²) in [6.07, 6.45) is 3.79. The maximum Gasteiger partial charge on any atom is 0.275 e. The summed E-state index contributed by atoms with van der Waals surface area (Å²) in [5.41, 5.74) is 0.535. The van der Waals surface area contributed by atoms with E-state index < -0.39 is 15.6 Å². The molecule has 5 rings (SSSR count). The Labute approximate surface area is 229 Å². The Morgan fingerprint density at radius 3 is 2.38 bits per heavy atom. The van der Waals surface area contributed by atoms with Crippen LogP contribution in [-0.4, -0.2) is 103 Å². The number of aliphatic hydroxyl groups is 1. The number of oxazole rings is 1. The predicted octanol–water partition coefficient (Wildman–Crippen LogP) is 1.95. The number of ether oxygens (including phenoxy) is 2. The molecule has 2 aromatic rings.